The van der Waals surface area contributed by atoms with Gasteiger partial charge >= 0.3 is 24.3 Å². The Bertz CT molecular complexity index is 297. The maximum Gasteiger partial charge on any atom is 0.422 e. The molecule has 0 spiro atoms. The molecular formula is C8H6F6O4. The maximum absolute atomic E-state index is 11.5. The minimum absolute atomic E-state index is 0.227. The zero-order valence-electron chi connectivity index (χ0n) is 8.47. The molecule has 0 aliphatic heterocycles. The summed E-state index contributed by atoms with van der Waals surface area (Å²) in [7, 11) is 0. The highest BCUT2D eigenvalue weighted by molar-refractivity contribution is 5.91. The Hall–Kier alpha value is -1.74. The van der Waals surface area contributed by atoms with Crippen LogP contribution in [0.1, 0.15) is 0 Å². The molecule has 0 unspecified atom stereocenters. The summed E-state index contributed by atoms with van der Waals surface area (Å²) in [5.41, 5.74) is 0. The molecule has 0 heterocycles. The van der Waals surface area contributed by atoms with E-state index in [4.69, 9.17) is 0 Å². The van der Waals surface area contributed by atoms with Gasteiger partial charge in [0.25, 0.3) is 0 Å². The van der Waals surface area contributed by atoms with E-state index in [0.717, 1.165) is 0 Å². The van der Waals surface area contributed by atoms with E-state index in [2.05, 4.69) is 9.47 Å². The van der Waals surface area contributed by atoms with Gasteiger partial charge in [-0.25, -0.2) is 9.59 Å². The van der Waals surface area contributed by atoms with Gasteiger partial charge < -0.3 is 9.47 Å². The van der Waals surface area contributed by atoms with Gasteiger partial charge in [-0.15, -0.1) is 0 Å². The molecule has 18 heavy (non-hydrogen) atoms. The van der Waals surface area contributed by atoms with Crippen LogP contribution in [-0.2, 0) is 19.1 Å². The van der Waals surface area contributed by atoms with E-state index < -0.39 is 37.5 Å². The molecule has 0 saturated carbocycles. The van der Waals surface area contributed by atoms with Gasteiger partial charge in [0, 0.05) is 12.2 Å². The van der Waals surface area contributed by atoms with Crippen molar-refractivity contribution in [3.8, 4) is 0 Å². The van der Waals surface area contributed by atoms with Crippen LogP contribution < -0.4 is 0 Å². The third kappa shape index (κ3) is 10.8. The molecule has 0 aromatic heterocycles. The van der Waals surface area contributed by atoms with Gasteiger partial charge in [0.2, 0.25) is 0 Å². The second kappa shape index (κ2) is 6.26. The standard InChI is InChI=1S/C8H6F6O4/c9-7(10,11)3-17-5(15)1-2-6(16)18-4-8(12,13)14/h1-2H,3-4H2/b2-1+. The molecule has 104 valence electrons. The van der Waals surface area contributed by atoms with Crippen LogP contribution in [0.2, 0.25) is 0 Å². The molecule has 0 aromatic carbocycles. The number of ether oxygens (including phenoxy) is 2. The molecule has 0 radical (unpaired) electrons. The number of carbonyl (C=O) groups excluding carboxylic acids is 2. The van der Waals surface area contributed by atoms with Crippen LogP contribution >= 0.6 is 0 Å². The van der Waals surface area contributed by atoms with Crippen molar-refractivity contribution in [2.45, 2.75) is 12.4 Å². The Morgan fingerprint density at radius 3 is 1.28 bits per heavy atom. The first-order valence-corrected chi connectivity index (χ1v) is 4.15. The lowest BCUT2D eigenvalue weighted by Crippen LogP contribution is -2.20. The predicted octanol–water partition coefficient (Wildman–Crippen LogP) is 1.75. The Morgan fingerprint density at radius 1 is 0.778 bits per heavy atom. The molecule has 0 aliphatic rings. The molecule has 0 amide bonds. The average molecular weight is 280 g/mol. The van der Waals surface area contributed by atoms with Crippen molar-refractivity contribution >= 4 is 11.9 Å². The highest BCUT2D eigenvalue weighted by Gasteiger charge is 2.30. The minimum Gasteiger partial charge on any atom is -0.453 e. The SMILES string of the molecule is O=C(/C=C/C(=O)OCC(F)(F)F)OCC(F)(F)F. The van der Waals surface area contributed by atoms with Gasteiger partial charge in [0.15, 0.2) is 13.2 Å². The van der Waals surface area contributed by atoms with Crippen LogP contribution in [0.4, 0.5) is 26.3 Å². The number of hydrogen-bond donors (Lipinski definition) is 0. The second-order valence-electron chi connectivity index (χ2n) is 2.78. The summed E-state index contributed by atoms with van der Waals surface area (Å²) in [6.07, 6.45) is -9.02. The van der Waals surface area contributed by atoms with Crippen molar-refractivity contribution in [1.82, 2.24) is 0 Å². The molecule has 0 fully saturated rings. The lowest BCUT2D eigenvalue weighted by Gasteiger charge is -2.06. The van der Waals surface area contributed by atoms with E-state index in [1.807, 2.05) is 0 Å². The number of carbonyl (C=O) groups is 2. The maximum atomic E-state index is 11.5. The molecule has 0 saturated heterocycles. The monoisotopic (exact) mass is 280 g/mol. The van der Waals surface area contributed by atoms with Crippen molar-refractivity contribution in [3.63, 3.8) is 0 Å². The lowest BCUT2D eigenvalue weighted by molar-refractivity contribution is -0.183. The van der Waals surface area contributed by atoms with Gasteiger partial charge in [0.05, 0.1) is 0 Å². The van der Waals surface area contributed by atoms with Crippen LogP contribution in [0.25, 0.3) is 0 Å². The topological polar surface area (TPSA) is 52.6 Å². The number of halogens is 6. The summed E-state index contributed by atoms with van der Waals surface area (Å²) >= 11 is 0. The summed E-state index contributed by atoms with van der Waals surface area (Å²) < 4.78 is 76.5. The van der Waals surface area contributed by atoms with Crippen LogP contribution in [-0.4, -0.2) is 37.5 Å². The number of esters is 2. The number of hydrogen-bond acceptors (Lipinski definition) is 4. The first-order chi connectivity index (χ1) is 7.99. The Kier molecular flexibility index (Phi) is 5.66. The normalized spacial score (nSPS) is 12.6. The van der Waals surface area contributed by atoms with Gasteiger partial charge in [-0.05, 0) is 0 Å². The summed E-state index contributed by atoms with van der Waals surface area (Å²) in [5.74, 6) is -3.06. The quantitative estimate of drug-likeness (QED) is 0.447. The zero-order chi connectivity index (χ0) is 14.4. The average Bonchev–Trinajstić information content (AvgIpc) is 2.18. The molecule has 4 nitrogen and oxygen atoms in total. The molecule has 0 aromatic rings. The number of alkyl halides is 6. The number of rotatable bonds is 4. The summed E-state index contributed by atoms with van der Waals surface area (Å²) in [5, 5.41) is 0. The highest BCUT2D eigenvalue weighted by Crippen LogP contribution is 2.15. The summed E-state index contributed by atoms with van der Waals surface area (Å²) in [4.78, 5) is 21.1. The third-order valence-corrected chi connectivity index (χ3v) is 1.11. The second-order valence-corrected chi connectivity index (χ2v) is 2.78. The first-order valence-electron chi connectivity index (χ1n) is 4.15. The molecule has 0 N–H and O–H groups in total. The van der Waals surface area contributed by atoms with Gasteiger partial charge in [0.1, 0.15) is 0 Å². The van der Waals surface area contributed by atoms with E-state index in [-0.39, 0.29) is 12.2 Å². The van der Waals surface area contributed by atoms with E-state index >= 15 is 0 Å². The molecular weight excluding hydrogens is 274 g/mol. The van der Waals surface area contributed by atoms with Crippen molar-refractivity contribution in [2.75, 3.05) is 13.2 Å². The summed E-state index contributed by atoms with van der Waals surface area (Å²) in [6.45, 7) is -3.73. The van der Waals surface area contributed by atoms with Crippen molar-refractivity contribution in [1.29, 1.82) is 0 Å². The highest BCUT2D eigenvalue weighted by atomic mass is 19.4. The van der Waals surface area contributed by atoms with Crippen LogP contribution in [0, 0.1) is 0 Å². The molecule has 10 heteroatoms. The molecule has 0 atom stereocenters. The van der Waals surface area contributed by atoms with Crippen molar-refractivity contribution in [3.05, 3.63) is 12.2 Å². The third-order valence-electron chi connectivity index (χ3n) is 1.11. The fraction of sp³-hybridized carbons (Fsp3) is 0.500. The van der Waals surface area contributed by atoms with E-state index in [0.29, 0.717) is 0 Å². The fourth-order valence-corrected chi connectivity index (χ4v) is 0.538. The van der Waals surface area contributed by atoms with Crippen molar-refractivity contribution < 1.29 is 45.4 Å². The van der Waals surface area contributed by atoms with E-state index in [9.17, 15) is 35.9 Å². The predicted molar refractivity (Wildman–Crippen MR) is 43.2 cm³/mol. The van der Waals surface area contributed by atoms with E-state index in [1.54, 1.807) is 0 Å². The van der Waals surface area contributed by atoms with Crippen molar-refractivity contribution in [2.24, 2.45) is 0 Å². The van der Waals surface area contributed by atoms with Crippen LogP contribution in [0.5, 0.6) is 0 Å². The van der Waals surface area contributed by atoms with Gasteiger partial charge in [-0.3, -0.25) is 0 Å². The molecule has 0 rings (SSSR count). The smallest absolute Gasteiger partial charge is 0.422 e. The Balaban J connectivity index is 4.00. The van der Waals surface area contributed by atoms with Gasteiger partial charge in [-0.1, -0.05) is 0 Å². The fourth-order valence-electron chi connectivity index (χ4n) is 0.538. The Labute approximate surface area is 96.1 Å². The molecule has 0 aliphatic carbocycles. The minimum atomic E-state index is -4.74. The molecule has 0 bridgehead atoms. The van der Waals surface area contributed by atoms with Crippen LogP contribution in [0.15, 0.2) is 12.2 Å². The Morgan fingerprint density at radius 2 is 1.06 bits per heavy atom. The van der Waals surface area contributed by atoms with Crippen LogP contribution in [0.3, 0.4) is 0 Å². The zero-order valence-corrected chi connectivity index (χ0v) is 8.47. The summed E-state index contributed by atoms with van der Waals surface area (Å²) in [6, 6.07) is 0. The van der Waals surface area contributed by atoms with Gasteiger partial charge in [-0.2, -0.15) is 26.3 Å². The first kappa shape index (κ1) is 16.3. The lowest BCUT2D eigenvalue weighted by atomic mass is 10.5. The largest absolute Gasteiger partial charge is 0.453 e. The van der Waals surface area contributed by atoms with E-state index in [1.165, 1.54) is 0 Å².